The summed E-state index contributed by atoms with van der Waals surface area (Å²) in [6.45, 7) is 7.27. The van der Waals surface area contributed by atoms with Crippen LogP contribution in [0.2, 0.25) is 0 Å². The Bertz CT molecular complexity index is 1010. The van der Waals surface area contributed by atoms with Gasteiger partial charge in [-0.25, -0.2) is 0 Å². The molecule has 0 spiro atoms. The van der Waals surface area contributed by atoms with E-state index in [2.05, 4.69) is 147 Å². The summed E-state index contributed by atoms with van der Waals surface area (Å²) in [6.07, 6.45) is 0. The van der Waals surface area contributed by atoms with Gasteiger partial charge in [-0.2, -0.15) is 0 Å². The Balaban J connectivity index is 1.83. The van der Waals surface area contributed by atoms with Gasteiger partial charge in [0.25, 0.3) is 0 Å². The first kappa shape index (κ1) is 22.5. The minimum absolute atomic E-state index is 0.484. The van der Waals surface area contributed by atoms with Crippen LogP contribution in [0.25, 0.3) is 0 Å². The average Bonchev–Trinajstić information content (AvgIpc) is 2.86. The van der Waals surface area contributed by atoms with Crippen molar-refractivity contribution in [3.63, 3.8) is 0 Å². The van der Waals surface area contributed by atoms with E-state index in [9.17, 15) is 0 Å². The second-order valence-corrected chi connectivity index (χ2v) is 18.3. The second kappa shape index (κ2) is 9.15. The second-order valence-electron chi connectivity index (χ2n) is 9.72. The predicted octanol–water partition coefficient (Wildman–Crippen LogP) is 5.94. The first-order chi connectivity index (χ1) is 16.1. The number of benzene rings is 4. The van der Waals surface area contributed by atoms with Crippen LogP contribution in [-0.4, -0.2) is 16.4 Å². The summed E-state index contributed by atoms with van der Waals surface area (Å²) in [7, 11) is -4.31. The van der Waals surface area contributed by atoms with Gasteiger partial charge in [-0.15, -0.1) is 0 Å². The standard InChI is InChI=1S/C30H35NP2/c1-25(2)26(3)31-32(27-16-8-4-9-17-27,28-18-10-5-11-19-28)24-33(31,29-20-12-6-13-21-29)30-22-14-7-15-23-30/h4-23,25-26,32-33H,24H2,1-3H3. The van der Waals surface area contributed by atoms with E-state index < -0.39 is 14.8 Å². The van der Waals surface area contributed by atoms with Crippen LogP contribution in [0.1, 0.15) is 20.8 Å². The summed E-state index contributed by atoms with van der Waals surface area (Å²) in [5.41, 5.74) is 0. The molecule has 5 rings (SSSR count). The van der Waals surface area contributed by atoms with Gasteiger partial charge in [0, 0.05) is 0 Å². The van der Waals surface area contributed by atoms with Crippen molar-refractivity contribution in [2.75, 3.05) is 5.90 Å². The number of rotatable bonds is 6. The van der Waals surface area contributed by atoms with E-state index >= 15 is 0 Å². The van der Waals surface area contributed by atoms with Gasteiger partial charge < -0.3 is 0 Å². The molecule has 3 heteroatoms. The Kier molecular flexibility index (Phi) is 6.24. The average molecular weight is 472 g/mol. The first-order valence-electron chi connectivity index (χ1n) is 12.1. The maximum absolute atomic E-state index is 3.10. The molecule has 1 saturated heterocycles. The Morgan fingerprint density at radius 1 is 0.485 bits per heavy atom. The van der Waals surface area contributed by atoms with Crippen molar-refractivity contribution in [1.82, 2.24) is 4.44 Å². The molecule has 4 aromatic rings. The van der Waals surface area contributed by atoms with Crippen LogP contribution in [0, 0.1) is 5.92 Å². The molecule has 1 nitrogen and oxygen atoms in total. The van der Waals surface area contributed by atoms with Crippen LogP contribution in [0.4, 0.5) is 0 Å². The van der Waals surface area contributed by atoms with Gasteiger partial charge in [0.1, 0.15) is 0 Å². The molecular weight excluding hydrogens is 436 g/mol. The quantitative estimate of drug-likeness (QED) is 0.315. The zero-order valence-corrected chi connectivity index (χ0v) is 21.9. The predicted molar refractivity (Wildman–Crippen MR) is 152 cm³/mol. The zero-order valence-electron chi connectivity index (χ0n) is 19.9. The van der Waals surface area contributed by atoms with Gasteiger partial charge in [0.15, 0.2) is 0 Å². The van der Waals surface area contributed by atoms with Crippen molar-refractivity contribution in [3.8, 4) is 0 Å². The SMILES string of the molecule is CC(C)C(C)N1[PH](c2ccccc2)(c2ccccc2)C[PH]1(c1ccccc1)c1ccccc1. The summed E-state index contributed by atoms with van der Waals surface area (Å²) in [5, 5.41) is 6.16. The van der Waals surface area contributed by atoms with Gasteiger partial charge in [-0.3, -0.25) is 0 Å². The normalized spacial score (nSPS) is 19.9. The summed E-state index contributed by atoms with van der Waals surface area (Å²) >= 11 is 0. The molecule has 1 aliphatic heterocycles. The Hall–Kier alpha value is -2.30. The molecule has 1 fully saturated rings. The van der Waals surface area contributed by atoms with E-state index in [0.717, 1.165) is 0 Å². The molecule has 1 aliphatic rings. The third kappa shape index (κ3) is 3.59. The Morgan fingerprint density at radius 3 is 1.00 bits per heavy atom. The van der Waals surface area contributed by atoms with E-state index in [1.807, 2.05) is 0 Å². The summed E-state index contributed by atoms with van der Waals surface area (Å²) in [6, 6.07) is 46.2. The van der Waals surface area contributed by atoms with Crippen molar-refractivity contribution in [3.05, 3.63) is 121 Å². The fourth-order valence-corrected chi connectivity index (χ4v) is 23.7. The van der Waals surface area contributed by atoms with Crippen LogP contribution in [0.3, 0.4) is 0 Å². The molecule has 33 heavy (non-hydrogen) atoms. The molecule has 0 aliphatic carbocycles. The third-order valence-electron chi connectivity index (χ3n) is 7.71. The first-order valence-corrected chi connectivity index (χ1v) is 16.4. The molecule has 1 unspecified atom stereocenters. The van der Waals surface area contributed by atoms with Crippen molar-refractivity contribution in [2.24, 2.45) is 5.92 Å². The van der Waals surface area contributed by atoms with Crippen LogP contribution in [0.5, 0.6) is 0 Å². The monoisotopic (exact) mass is 471 g/mol. The fourth-order valence-electron chi connectivity index (χ4n) is 5.92. The zero-order chi connectivity index (χ0) is 22.9. The van der Waals surface area contributed by atoms with E-state index in [1.54, 1.807) is 21.2 Å². The molecule has 0 saturated carbocycles. The van der Waals surface area contributed by atoms with Crippen LogP contribution in [0.15, 0.2) is 121 Å². The molecule has 1 atom stereocenters. The number of nitrogens with zero attached hydrogens (tertiary/aromatic N) is 1. The minimum atomic E-state index is -2.16. The Morgan fingerprint density at radius 2 is 0.758 bits per heavy atom. The van der Waals surface area contributed by atoms with Crippen molar-refractivity contribution in [2.45, 2.75) is 26.8 Å². The molecule has 4 aromatic carbocycles. The number of hydrogen-bond donors (Lipinski definition) is 0. The molecule has 0 N–H and O–H groups in total. The van der Waals surface area contributed by atoms with Gasteiger partial charge >= 0.3 is 200 Å². The van der Waals surface area contributed by atoms with E-state index in [-0.39, 0.29) is 0 Å². The van der Waals surface area contributed by atoms with E-state index in [1.165, 1.54) is 5.90 Å². The van der Waals surface area contributed by atoms with Gasteiger partial charge in [0.05, 0.1) is 0 Å². The topological polar surface area (TPSA) is 3.24 Å². The molecule has 170 valence electrons. The van der Waals surface area contributed by atoms with Gasteiger partial charge in [0.2, 0.25) is 0 Å². The molecule has 1 heterocycles. The van der Waals surface area contributed by atoms with E-state index in [0.29, 0.717) is 12.0 Å². The van der Waals surface area contributed by atoms with Crippen molar-refractivity contribution >= 4 is 36.0 Å². The van der Waals surface area contributed by atoms with Crippen LogP contribution < -0.4 is 21.2 Å². The van der Waals surface area contributed by atoms with Crippen LogP contribution >= 0.6 is 14.8 Å². The molecule has 0 radical (unpaired) electrons. The number of hydrogen-bond acceptors (Lipinski definition) is 1. The Labute approximate surface area is 200 Å². The fraction of sp³-hybridized carbons (Fsp3) is 0.200. The van der Waals surface area contributed by atoms with Gasteiger partial charge in [-0.1, -0.05) is 0 Å². The molecular formula is C30H35NP2. The summed E-state index contributed by atoms with van der Waals surface area (Å²) in [4.78, 5) is 0. The molecule has 0 bridgehead atoms. The summed E-state index contributed by atoms with van der Waals surface area (Å²) in [5.74, 6) is 1.85. The van der Waals surface area contributed by atoms with Crippen molar-refractivity contribution in [1.29, 1.82) is 0 Å². The van der Waals surface area contributed by atoms with Gasteiger partial charge in [-0.05, 0) is 0 Å². The van der Waals surface area contributed by atoms with Crippen molar-refractivity contribution < 1.29 is 0 Å². The summed E-state index contributed by atoms with van der Waals surface area (Å²) < 4.78 is 3.10. The molecule has 0 amide bonds. The van der Waals surface area contributed by atoms with E-state index in [4.69, 9.17) is 0 Å². The third-order valence-corrected chi connectivity index (χ3v) is 21.7. The van der Waals surface area contributed by atoms with Crippen LogP contribution in [-0.2, 0) is 0 Å². The molecule has 0 aromatic heterocycles. The maximum atomic E-state index is 3.10.